The third kappa shape index (κ3) is 8.97. The summed E-state index contributed by atoms with van der Waals surface area (Å²) in [6.07, 6.45) is 9.08. The molecule has 0 aromatic heterocycles. The highest BCUT2D eigenvalue weighted by atomic mass is 16.2. The first kappa shape index (κ1) is 16.9. The summed E-state index contributed by atoms with van der Waals surface area (Å²) >= 11 is 0. The van der Waals surface area contributed by atoms with Crippen LogP contribution in [0.2, 0.25) is 0 Å². The Hall–Kier alpha value is -1.12. The van der Waals surface area contributed by atoms with Crippen molar-refractivity contribution in [3.05, 3.63) is 5.70 Å². The zero-order valence-electron chi connectivity index (χ0n) is 11.3. The first-order chi connectivity index (χ1) is 8.76. The molecule has 103 valence electrons. The smallest absolute Gasteiger partial charge is 0.191 e. The molecule has 0 saturated carbocycles. The lowest BCUT2D eigenvalue weighted by Gasteiger charge is -1.97. The van der Waals surface area contributed by atoms with E-state index < -0.39 is 0 Å². The van der Waals surface area contributed by atoms with Gasteiger partial charge in [0.25, 0.3) is 0 Å². The fraction of sp³-hybridized carbons (Fsp3) is 0.786. The molecule has 0 aliphatic carbocycles. The molecule has 1 aliphatic rings. The SMILES string of the molecule is CCCCCCCCC[O].O=C=C1NCCC1=O. The van der Waals surface area contributed by atoms with Gasteiger partial charge in [-0.1, -0.05) is 45.4 Å². The minimum absolute atomic E-state index is 0.102. The van der Waals surface area contributed by atoms with E-state index in [4.69, 9.17) is 0 Å². The van der Waals surface area contributed by atoms with Crippen LogP contribution in [0.3, 0.4) is 0 Å². The van der Waals surface area contributed by atoms with E-state index in [-0.39, 0.29) is 18.1 Å². The van der Waals surface area contributed by atoms with Crippen LogP contribution in [0.25, 0.3) is 0 Å². The summed E-state index contributed by atoms with van der Waals surface area (Å²) in [6.45, 7) is 2.93. The van der Waals surface area contributed by atoms with Crippen molar-refractivity contribution in [1.29, 1.82) is 0 Å². The van der Waals surface area contributed by atoms with Gasteiger partial charge >= 0.3 is 0 Å². The van der Waals surface area contributed by atoms with Crippen molar-refractivity contribution < 1.29 is 14.7 Å². The number of carbonyl (C=O) groups excluding carboxylic acids is 2. The third-order valence-electron chi connectivity index (χ3n) is 2.78. The predicted octanol–water partition coefficient (Wildman–Crippen LogP) is 2.43. The number of carbonyl (C=O) groups is 1. The summed E-state index contributed by atoms with van der Waals surface area (Å²) < 4.78 is 0. The second-order valence-corrected chi connectivity index (χ2v) is 4.40. The second-order valence-electron chi connectivity index (χ2n) is 4.40. The van der Waals surface area contributed by atoms with Crippen molar-refractivity contribution in [1.82, 2.24) is 5.32 Å². The number of ketones is 1. The maximum atomic E-state index is 10.4. The molecular formula is C14H24NO3. The Kier molecular flexibility index (Phi) is 11.6. The molecule has 0 atom stereocenters. The quantitative estimate of drug-likeness (QED) is 0.431. The van der Waals surface area contributed by atoms with Gasteiger partial charge in [-0.3, -0.25) is 4.79 Å². The molecular weight excluding hydrogens is 230 g/mol. The average molecular weight is 254 g/mol. The highest BCUT2D eigenvalue weighted by Crippen LogP contribution is 2.05. The molecule has 0 unspecified atom stereocenters. The molecule has 1 fully saturated rings. The number of hydrogen-bond donors (Lipinski definition) is 1. The van der Waals surface area contributed by atoms with Crippen LogP contribution in [0.5, 0.6) is 0 Å². The van der Waals surface area contributed by atoms with Crippen LogP contribution in [-0.2, 0) is 14.7 Å². The van der Waals surface area contributed by atoms with E-state index in [0.717, 1.165) is 12.8 Å². The molecule has 1 N–H and O–H groups in total. The molecule has 0 bridgehead atoms. The van der Waals surface area contributed by atoms with Crippen molar-refractivity contribution in [2.75, 3.05) is 13.2 Å². The van der Waals surface area contributed by atoms with Gasteiger partial charge in [0.2, 0.25) is 0 Å². The van der Waals surface area contributed by atoms with Crippen LogP contribution >= 0.6 is 0 Å². The van der Waals surface area contributed by atoms with E-state index in [2.05, 4.69) is 12.2 Å². The maximum absolute atomic E-state index is 10.4. The Labute approximate surface area is 109 Å². The van der Waals surface area contributed by atoms with Crippen molar-refractivity contribution in [2.24, 2.45) is 0 Å². The monoisotopic (exact) mass is 254 g/mol. The number of nitrogens with one attached hydrogen (secondary N) is 1. The molecule has 0 spiro atoms. The topological polar surface area (TPSA) is 66.1 Å². The van der Waals surface area contributed by atoms with E-state index in [1.54, 1.807) is 0 Å². The van der Waals surface area contributed by atoms with Crippen molar-refractivity contribution >= 4 is 11.7 Å². The highest BCUT2D eigenvalue weighted by Gasteiger charge is 2.16. The number of unbranched alkanes of at least 4 members (excludes halogenated alkanes) is 6. The molecule has 1 aliphatic heterocycles. The van der Waals surface area contributed by atoms with E-state index >= 15 is 0 Å². The molecule has 1 saturated heterocycles. The lowest BCUT2D eigenvalue weighted by atomic mass is 10.1. The Morgan fingerprint density at radius 2 is 1.72 bits per heavy atom. The van der Waals surface area contributed by atoms with Crippen LogP contribution in [0, 0.1) is 0 Å². The largest absolute Gasteiger partial charge is 0.373 e. The van der Waals surface area contributed by atoms with E-state index in [0.29, 0.717) is 13.0 Å². The zero-order valence-corrected chi connectivity index (χ0v) is 11.3. The van der Waals surface area contributed by atoms with E-state index in [1.165, 1.54) is 38.0 Å². The molecule has 1 heterocycles. The Balaban J connectivity index is 0.000000327. The fourth-order valence-electron chi connectivity index (χ4n) is 1.68. The molecule has 1 rings (SSSR count). The summed E-state index contributed by atoms with van der Waals surface area (Å²) in [6, 6.07) is 0. The molecule has 1 radical (unpaired) electrons. The number of Topliss-reactive ketones (excluding diaryl/α,β-unsaturated/α-hetero) is 1. The molecule has 0 aromatic carbocycles. The summed E-state index contributed by atoms with van der Waals surface area (Å²) in [5, 5.41) is 12.6. The molecule has 0 aromatic rings. The molecule has 0 amide bonds. The van der Waals surface area contributed by atoms with Gasteiger partial charge in [0.1, 0.15) is 0 Å². The second kappa shape index (κ2) is 12.3. The van der Waals surface area contributed by atoms with Gasteiger partial charge < -0.3 is 5.32 Å². The van der Waals surface area contributed by atoms with Crippen molar-refractivity contribution in [2.45, 2.75) is 58.3 Å². The first-order valence-corrected chi connectivity index (χ1v) is 6.86. The highest BCUT2D eigenvalue weighted by molar-refractivity contribution is 6.03. The summed E-state index contributed by atoms with van der Waals surface area (Å²) in [5.74, 6) is 1.39. The van der Waals surface area contributed by atoms with Crippen LogP contribution in [0.4, 0.5) is 0 Å². The third-order valence-corrected chi connectivity index (χ3v) is 2.78. The number of allylic oxidation sites excluding steroid dienone is 1. The Morgan fingerprint density at radius 1 is 1.11 bits per heavy atom. The van der Waals surface area contributed by atoms with Crippen LogP contribution in [0.1, 0.15) is 58.3 Å². The maximum Gasteiger partial charge on any atom is 0.191 e. The minimum Gasteiger partial charge on any atom is -0.373 e. The van der Waals surface area contributed by atoms with Gasteiger partial charge in [-0.15, -0.1) is 0 Å². The van der Waals surface area contributed by atoms with Gasteiger partial charge in [0.15, 0.2) is 17.4 Å². The van der Waals surface area contributed by atoms with Gasteiger partial charge in [-0.05, 0) is 6.42 Å². The van der Waals surface area contributed by atoms with E-state index in [9.17, 15) is 14.7 Å². The van der Waals surface area contributed by atoms with Crippen LogP contribution in [0.15, 0.2) is 5.70 Å². The number of hydrogen-bond acceptors (Lipinski definition) is 3. The van der Waals surface area contributed by atoms with Gasteiger partial charge in [-0.25, -0.2) is 9.90 Å². The van der Waals surface area contributed by atoms with Crippen LogP contribution < -0.4 is 5.32 Å². The normalized spacial score (nSPS) is 13.7. The standard InChI is InChI=1S/C9H19O.C5H5NO2/c1-2-3-4-5-6-7-8-9-10;7-3-4-5(8)1-2-6-4/h2-9H2,1H3;6H,1-2H2. The van der Waals surface area contributed by atoms with Gasteiger partial charge in [0.05, 0.1) is 6.61 Å². The minimum atomic E-state index is -0.125. The fourth-order valence-corrected chi connectivity index (χ4v) is 1.68. The van der Waals surface area contributed by atoms with Gasteiger partial charge in [-0.2, -0.15) is 0 Å². The van der Waals surface area contributed by atoms with E-state index in [1.807, 2.05) is 0 Å². The first-order valence-electron chi connectivity index (χ1n) is 6.86. The molecule has 18 heavy (non-hydrogen) atoms. The van der Waals surface area contributed by atoms with Crippen molar-refractivity contribution in [3.8, 4) is 0 Å². The summed E-state index contributed by atoms with van der Waals surface area (Å²) in [4.78, 5) is 20.2. The van der Waals surface area contributed by atoms with Gasteiger partial charge in [0, 0.05) is 13.0 Å². The lowest BCUT2D eigenvalue weighted by molar-refractivity contribution is -0.114. The van der Waals surface area contributed by atoms with Crippen LogP contribution in [-0.4, -0.2) is 24.9 Å². The Morgan fingerprint density at radius 3 is 2.11 bits per heavy atom. The average Bonchev–Trinajstić information content (AvgIpc) is 2.80. The summed E-state index contributed by atoms with van der Waals surface area (Å²) in [7, 11) is 0. The predicted molar refractivity (Wildman–Crippen MR) is 70.4 cm³/mol. The number of rotatable bonds is 7. The lowest BCUT2D eigenvalue weighted by Crippen LogP contribution is -2.06. The summed E-state index contributed by atoms with van der Waals surface area (Å²) in [5.41, 5.74) is 0.102. The molecule has 4 nitrogen and oxygen atoms in total. The zero-order chi connectivity index (χ0) is 13.6. The van der Waals surface area contributed by atoms with Crippen molar-refractivity contribution in [3.63, 3.8) is 0 Å². The molecule has 4 heteroatoms. The Bertz CT molecular complexity index is 262.